The molecule has 0 spiro atoms. The molecule has 1 aliphatic rings. The van der Waals surface area contributed by atoms with Crippen molar-refractivity contribution in [2.75, 3.05) is 31.1 Å². The molecule has 1 saturated heterocycles. The number of hydrogen-bond donors (Lipinski definition) is 0. The number of piperazine rings is 1. The number of benzene rings is 1. The summed E-state index contributed by atoms with van der Waals surface area (Å²) < 4.78 is 0. The molecular formula is C12H14ClN3O3. The Morgan fingerprint density at radius 3 is 2.47 bits per heavy atom. The Labute approximate surface area is 115 Å². The lowest BCUT2D eigenvalue weighted by Crippen LogP contribution is -2.48. The Morgan fingerprint density at radius 2 is 1.95 bits per heavy atom. The molecule has 0 unspecified atom stereocenters. The number of amides is 1. The van der Waals surface area contributed by atoms with Crippen LogP contribution in [-0.4, -0.2) is 41.9 Å². The topological polar surface area (TPSA) is 66.7 Å². The van der Waals surface area contributed by atoms with Gasteiger partial charge in [-0.1, -0.05) is 17.7 Å². The molecule has 0 atom stereocenters. The first-order valence-corrected chi connectivity index (χ1v) is 6.32. The summed E-state index contributed by atoms with van der Waals surface area (Å²) in [6.45, 7) is 3.72. The number of carbonyl (C=O) groups excluding carboxylic acids is 1. The number of anilines is 1. The summed E-state index contributed by atoms with van der Waals surface area (Å²) in [4.78, 5) is 25.5. The minimum atomic E-state index is -0.432. The highest BCUT2D eigenvalue weighted by atomic mass is 35.5. The minimum Gasteiger partial charge on any atom is -0.361 e. The molecule has 1 amide bonds. The van der Waals surface area contributed by atoms with E-state index in [0.29, 0.717) is 36.9 Å². The van der Waals surface area contributed by atoms with E-state index in [1.54, 1.807) is 17.0 Å². The second-order valence-corrected chi connectivity index (χ2v) is 4.76. The van der Waals surface area contributed by atoms with Crippen molar-refractivity contribution in [1.29, 1.82) is 0 Å². The van der Waals surface area contributed by atoms with Gasteiger partial charge in [-0.3, -0.25) is 14.9 Å². The van der Waals surface area contributed by atoms with E-state index in [-0.39, 0.29) is 11.6 Å². The van der Waals surface area contributed by atoms with Gasteiger partial charge in [0, 0.05) is 39.2 Å². The van der Waals surface area contributed by atoms with Crippen molar-refractivity contribution in [3.8, 4) is 0 Å². The number of rotatable bonds is 2. The molecule has 1 aromatic rings. The molecule has 0 aliphatic carbocycles. The van der Waals surface area contributed by atoms with Crippen LogP contribution >= 0.6 is 11.6 Å². The summed E-state index contributed by atoms with van der Waals surface area (Å²) in [6, 6.07) is 4.65. The number of para-hydroxylation sites is 1. The van der Waals surface area contributed by atoms with Gasteiger partial charge in [-0.25, -0.2) is 0 Å². The van der Waals surface area contributed by atoms with E-state index in [1.165, 1.54) is 13.0 Å². The maximum Gasteiger partial charge on any atom is 0.294 e. The molecule has 6 nitrogen and oxygen atoms in total. The number of nitrogens with zero attached hydrogens (tertiary/aromatic N) is 3. The summed E-state index contributed by atoms with van der Waals surface area (Å²) in [5, 5.41) is 11.4. The van der Waals surface area contributed by atoms with E-state index < -0.39 is 4.92 Å². The Hall–Kier alpha value is -1.82. The van der Waals surface area contributed by atoms with Crippen molar-refractivity contribution in [3.05, 3.63) is 33.3 Å². The number of nitro benzene ring substituents is 1. The average molecular weight is 284 g/mol. The van der Waals surface area contributed by atoms with E-state index >= 15 is 0 Å². The zero-order chi connectivity index (χ0) is 14.0. The van der Waals surface area contributed by atoms with Crippen LogP contribution in [0.4, 0.5) is 11.4 Å². The zero-order valence-electron chi connectivity index (χ0n) is 10.5. The van der Waals surface area contributed by atoms with Crippen LogP contribution in [0.1, 0.15) is 6.92 Å². The van der Waals surface area contributed by atoms with Gasteiger partial charge in [-0.05, 0) is 6.07 Å². The number of carbonyl (C=O) groups is 1. The number of hydrogen-bond acceptors (Lipinski definition) is 4. The van der Waals surface area contributed by atoms with Gasteiger partial charge < -0.3 is 9.80 Å². The van der Waals surface area contributed by atoms with Crippen LogP contribution in [0.2, 0.25) is 5.02 Å². The average Bonchev–Trinajstić information content (AvgIpc) is 2.38. The highest BCUT2D eigenvalue weighted by Gasteiger charge is 2.26. The fraction of sp³-hybridized carbons (Fsp3) is 0.417. The van der Waals surface area contributed by atoms with Gasteiger partial charge in [0.15, 0.2) is 0 Å². The quantitative estimate of drug-likeness (QED) is 0.614. The van der Waals surface area contributed by atoms with E-state index in [0.717, 1.165) is 0 Å². The highest BCUT2D eigenvalue weighted by Crippen LogP contribution is 2.35. The van der Waals surface area contributed by atoms with Crippen LogP contribution in [0.3, 0.4) is 0 Å². The van der Waals surface area contributed by atoms with Crippen LogP contribution in [-0.2, 0) is 4.79 Å². The van der Waals surface area contributed by atoms with Crippen molar-refractivity contribution in [2.45, 2.75) is 6.92 Å². The SMILES string of the molecule is CC(=O)N1CCN(c2c(Cl)cccc2[N+](=O)[O-])CC1. The molecule has 0 radical (unpaired) electrons. The summed E-state index contributed by atoms with van der Waals surface area (Å²) in [7, 11) is 0. The fourth-order valence-corrected chi connectivity index (χ4v) is 2.50. The monoisotopic (exact) mass is 283 g/mol. The molecule has 19 heavy (non-hydrogen) atoms. The smallest absolute Gasteiger partial charge is 0.294 e. The van der Waals surface area contributed by atoms with Crippen molar-refractivity contribution in [2.24, 2.45) is 0 Å². The molecule has 0 aromatic heterocycles. The van der Waals surface area contributed by atoms with Gasteiger partial charge >= 0.3 is 0 Å². The third kappa shape index (κ3) is 2.78. The van der Waals surface area contributed by atoms with E-state index in [2.05, 4.69) is 0 Å². The van der Waals surface area contributed by atoms with Gasteiger partial charge in [0.25, 0.3) is 5.69 Å². The van der Waals surface area contributed by atoms with E-state index in [1.807, 2.05) is 4.90 Å². The highest BCUT2D eigenvalue weighted by molar-refractivity contribution is 6.33. The second-order valence-electron chi connectivity index (χ2n) is 4.36. The Balaban J connectivity index is 2.24. The van der Waals surface area contributed by atoms with Gasteiger partial charge in [0.1, 0.15) is 5.69 Å². The van der Waals surface area contributed by atoms with Gasteiger partial charge in [-0.15, -0.1) is 0 Å². The molecular weight excluding hydrogens is 270 g/mol. The normalized spacial score (nSPS) is 15.5. The maximum atomic E-state index is 11.3. The molecule has 0 N–H and O–H groups in total. The van der Waals surface area contributed by atoms with Crippen molar-refractivity contribution < 1.29 is 9.72 Å². The molecule has 102 valence electrons. The van der Waals surface area contributed by atoms with Crippen molar-refractivity contribution >= 4 is 28.9 Å². The molecule has 0 saturated carbocycles. The lowest BCUT2D eigenvalue weighted by atomic mass is 10.2. The lowest BCUT2D eigenvalue weighted by molar-refractivity contribution is -0.384. The summed E-state index contributed by atoms with van der Waals surface area (Å²) in [6.07, 6.45) is 0. The predicted octanol–water partition coefficient (Wildman–Crippen LogP) is 1.92. The third-order valence-corrected chi connectivity index (χ3v) is 3.51. The van der Waals surface area contributed by atoms with Crippen LogP contribution in [0.15, 0.2) is 18.2 Å². The largest absolute Gasteiger partial charge is 0.361 e. The zero-order valence-corrected chi connectivity index (χ0v) is 11.3. The Kier molecular flexibility index (Phi) is 3.90. The summed E-state index contributed by atoms with van der Waals surface area (Å²) >= 11 is 6.08. The predicted molar refractivity (Wildman–Crippen MR) is 72.6 cm³/mol. The second kappa shape index (κ2) is 5.44. The molecule has 1 fully saturated rings. The summed E-state index contributed by atoms with van der Waals surface area (Å²) in [5.41, 5.74) is 0.446. The number of nitro groups is 1. The molecule has 2 rings (SSSR count). The maximum absolute atomic E-state index is 11.3. The molecule has 1 aliphatic heterocycles. The van der Waals surface area contributed by atoms with Gasteiger partial charge in [0.2, 0.25) is 5.91 Å². The van der Waals surface area contributed by atoms with Crippen LogP contribution in [0.25, 0.3) is 0 Å². The Morgan fingerprint density at radius 1 is 1.32 bits per heavy atom. The van der Waals surface area contributed by atoms with Crippen molar-refractivity contribution in [1.82, 2.24) is 4.90 Å². The van der Waals surface area contributed by atoms with Gasteiger partial charge in [0.05, 0.1) is 9.95 Å². The Bertz CT molecular complexity index is 513. The third-order valence-electron chi connectivity index (χ3n) is 3.20. The molecule has 7 heteroatoms. The standard InChI is InChI=1S/C12H14ClN3O3/c1-9(17)14-5-7-15(8-6-14)12-10(13)3-2-4-11(12)16(18)19/h2-4H,5-8H2,1H3. The first-order chi connectivity index (χ1) is 9.00. The minimum absolute atomic E-state index is 0.00350. The van der Waals surface area contributed by atoms with Crippen LogP contribution in [0, 0.1) is 10.1 Å². The van der Waals surface area contributed by atoms with Crippen molar-refractivity contribution in [3.63, 3.8) is 0 Å². The summed E-state index contributed by atoms with van der Waals surface area (Å²) in [5.74, 6) is 0.0216. The molecule has 0 bridgehead atoms. The fourth-order valence-electron chi connectivity index (χ4n) is 2.21. The molecule has 1 heterocycles. The lowest BCUT2D eigenvalue weighted by Gasteiger charge is -2.35. The van der Waals surface area contributed by atoms with E-state index in [4.69, 9.17) is 11.6 Å². The van der Waals surface area contributed by atoms with Crippen LogP contribution in [0.5, 0.6) is 0 Å². The first-order valence-electron chi connectivity index (χ1n) is 5.94. The first kappa shape index (κ1) is 13.6. The number of halogens is 1. The van der Waals surface area contributed by atoms with E-state index in [9.17, 15) is 14.9 Å². The van der Waals surface area contributed by atoms with Crippen LogP contribution < -0.4 is 4.90 Å². The van der Waals surface area contributed by atoms with Gasteiger partial charge in [-0.2, -0.15) is 0 Å². The molecule has 1 aromatic carbocycles.